The summed E-state index contributed by atoms with van der Waals surface area (Å²) in [5, 5.41) is 8.96. The van der Waals surface area contributed by atoms with E-state index in [1.54, 1.807) is 21.3 Å². The Morgan fingerprint density at radius 3 is 2.38 bits per heavy atom. The Hall–Kier alpha value is -3.78. The van der Waals surface area contributed by atoms with E-state index >= 15 is 0 Å². The summed E-state index contributed by atoms with van der Waals surface area (Å²) in [6.45, 7) is 2.83. The van der Waals surface area contributed by atoms with Crippen LogP contribution in [0.4, 0.5) is 5.82 Å². The zero-order valence-corrected chi connectivity index (χ0v) is 22.6. The van der Waals surface area contributed by atoms with Crippen molar-refractivity contribution < 1.29 is 14.2 Å². The number of aryl methyl sites for hydroxylation is 2. The number of nitrogens with one attached hydrogen (secondary N) is 1. The van der Waals surface area contributed by atoms with E-state index in [1.165, 1.54) is 0 Å². The summed E-state index contributed by atoms with van der Waals surface area (Å²) in [6.07, 6.45) is 6.43. The van der Waals surface area contributed by atoms with Crippen LogP contribution in [0.15, 0.2) is 36.4 Å². The molecule has 37 heavy (non-hydrogen) atoms. The number of hydrogen-bond acceptors (Lipinski definition) is 7. The van der Waals surface area contributed by atoms with E-state index in [-0.39, 0.29) is 0 Å². The van der Waals surface area contributed by atoms with E-state index in [0.29, 0.717) is 29.6 Å². The first kappa shape index (κ1) is 26.3. The zero-order valence-electron chi connectivity index (χ0n) is 21.8. The van der Waals surface area contributed by atoms with Gasteiger partial charge in [-0.2, -0.15) is 5.10 Å². The molecule has 0 aliphatic rings. The summed E-state index contributed by atoms with van der Waals surface area (Å²) in [5.74, 6) is 3.04. The number of fused-ring (bicyclic) bond motifs is 1. The van der Waals surface area contributed by atoms with Gasteiger partial charge in [0.2, 0.25) is 5.75 Å². The molecule has 0 aliphatic heterocycles. The molecule has 2 aromatic carbocycles. The van der Waals surface area contributed by atoms with Crippen LogP contribution in [0, 0.1) is 0 Å². The summed E-state index contributed by atoms with van der Waals surface area (Å²) >= 11 is 6.15. The van der Waals surface area contributed by atoms with Crippen molar-refractivity contribution in [3.8, 4) is 17.2 Å². The lowest BCUT2D eigenvalue weighted by Gasteiger charge is -2.13. The van der Waals surface area contributed by atoms with E-state index in [1.807, 2.05) is 54.2 Å². The van der Waals surface area contributed by atoms with Crippen molar-refractivity contribution in [3.05, 3.63) is 64.1 Å². The number of methoxy groups -OCH3 is 3. The minimum absolute atomic E-state index is 0.547. The highest BCUT2D eigenvalue weighted by molar-refractivity contribution is 6.30. The van der Waals surface area contributed by atoms with Crippen LogP contribution in [0.1, 0.15) is 36.0 Å². The molecule has 0 saturated carbocycles. The average Bonchev–Trinajstić information content (AvgIpc) is 3.22. The van der Waals surface area contributed by atoms with Crippen molar-refractivity contribution in [2.24, 2.45) is 7.05 Å². The van der Waals surface area contributed by atoms with Crippen molar-refractivity contribution in [1.29, 1.82) is 0 Å². The van der Waals surface area contributed by atoms with Crippen molar-refractivity contribution in [2.75, 3.05) is 33.2 Å². The van der Waals surface area contributed by atoms with E-state index < -0.39 is 0 Å². The Balaban J connectivity index is 1.68. The molecular formula is C28H32ClN5O3. The van der Waals surface area contributed by atoms with Gasteiger partial charge < -0.3 is 19.5 Å². The third-order valence-electron chi connectivity index (χ3n) is 5.96. The third-order valence-corrected chi connectivity index (χ3v) is 6.20. The number of benzene rings is 2. The molecule has 0 fully saturated rings. The third kappa shape index (κ3) is 5.97. The smallest absolute Gasteiger partial charge is 0.203 e. The Morgan fingerprint density at radius 2 is 1.73 bits per heavy atom. The van der Waals surface area contributed by atoms with Crippen LogP contribution < -0.4 is 19.5 Å². The minimum Gasteiger partial charge on any atom is -0.493 e. The van der Waals surface area contributed by atoms with Crippen LogP contribution in [0.5, 0.6) is 17.2 Å². The van der Waals surface area contributed by atoms with Crippen molar-refractivity contribution in [2.45, 2.75) is 26.2 Å². The summed E-state index contributed by atoms with van der Waals surface area (Å²) in [5.41, 5.74) is 4.73. The zero-order chi connectivity index (χ0) is 26.4. The topological polar surface area (TPSA) is 83.3 Å². The van der Waals surface area contributed by atoms with E-state index in [2.05, 4.69) is 18.3 Å². The molecule has 0 bridgehead atoms. The van der Waals surface area contributed by atoms with Gasteiger partial charge in [-0.25, -0.2) is 9.97 Å². The monoisotopic (exact) mass is 521 g/mol. The molecule has 0 radical (unpaired) electrons. The second-order valence-corrected chi connectivity index (χ2v) is 8.98. The molecule has 4 aromatic rings. The number of halogens is 1. The SMILES string of the molecule is CCCc1nn(C)c2c(NCCc3cccc(Cl)c3)nc(/C=C/c3cc(OC)c(OC)c(OC)c3)nc12. The average molecular weight is 522 g/mol. The maximum atomic E-state index is 6.15. The van der Waals surface area contributed by atoms with E-state index in [9.17, 15) is 0 Å². The fraction of sp³-hybridized carbons (Fsp3) is 0.321. The first-order valence-corrected chi connectivity index (χ1v) is 12.5. The van der Waals surface area contributed by atoms with Crippen molar-refractivity contribution in [1.82, 2.24) is 19.7 Å². The van der Waals surface area contributed by atoms with Crippen LogP contribution in [-0.2, 0) is 19.9 Å². The van der Waals surface area contributed by atoms with Crippen LogP contribution in [-0.4, -0.2) is 47.6 Å². The lowest BCUT2D eigenvalue weighted by atomic mass is 10.1. The van der Waals surface area contributed by atoms with Gasteiger partial charge in [0.05, 0.1) is 27.0 Å². The normalized spacial score (nSPS) is 11.3. The second-order valence-electron chi connectivity index (χ2n) is 8.55. The van der Waals surface area contributed by atoms with Gasteiger partial charge in [0.25, 0.3) is 0 Å². The first-order valence-electron chi connectivity index (χ1n) is 12.2. The van der Waals surface area contributed by atoms with Gasteiger partial charge in [0.1, 0.15) is 11.0 Å². The number of anilines is 1. The molecule has 4 rings (SSSR count). The second kappa shape index (κ2) is 12.0. The fourth-order valence-corrected chi connectivity index (χ4v) is 4.46. The van der Waals surface area contributed by atoms with Gasteiger partial charge in [0, 0.05) is 18.6 Å². The number of nitrogens with zero attached hydrogens (tertiary/aromatic N) is 4. The molecule has 0 amide bonds. The maximum absolute atomic E-state index is 6.15. The maximum Gasteiger partial charge on any atom is 0.203 e. The first-order chi connectivity index (χ1) is 18.0. The predicted octanol–water partition coefficient (Wildman–Crippen LogP) is 5.82. The number of hydrogen-bond donors (Lipinski definition) is 1. The molecule has 1 N–H and O–H groups in total. The summed E-state index contributed by atoms with van der Waals surface area (Å²) < 4.78 is 18.3. The van der Waals surface area contributed by atoms with Crippen molar-refractivity contribution >= 4 is 40.6 Å². The minimum atomic E-state index is 0.547. The summed E-state index contributed by atoms with van der Waals surface area (Å²) in [4.78, 5) is 9.70. The Labute approximate surface area is 222 Å². The van der Waals surface area contributed by atoms with Gasteiger partial charge in [-0.1, -0.05) is 43.2 Å². The quantitative estimate of drug-likeness (QED) is 0.266. The fourth-order valence-electron chi connectivity index (χ4n) is 4.25. The Bertz CT molecular complexity index is 1390. The molecule has 2 aromatic heterocycles. The summed E-state index contributed by atoms with van der Waals surface area (Å²) in [6, 6.07) is 11.7. The highest BCUT2D eigenvalue weighted by Crippen LogP contribution is 2.38. The van der Waals surface area contributed by atoms with E-state index in [4.69, 9.17) is 40.9 Å². The van der Waals surface area contributed by atoms with Crippen LogP contribution in [0.2, 0.25) is 5.02 Å². The molecule has 0 saturated heterocycles. The van der Waals surface area contributed by atoms with Crippen LogP contribution in [0.25, 0.3) is 23.2 Å². The summed E-state index contributed by atoms with van der Waals surface area (Å²) in [7, 11) is 6.71. The van der Waals surface area contributed by atoms with Crippen molar-refractivity contribution in [3.63, 3.8) is 0 Å². The molecule has 0 unspecified atom stereocenters. The molecule has 0 aliphatic carbocycles. The molecule has 0 atom stereocenters. The molecular weight excluding hydrogens is 490 g/mol. The van der Waals surface area contributed by atoms with Gasteiger partial charge >= 0.3 is 0 Å². The van der Waals surface area contributed by atoms with Gasteiger partial charge in [-0.3, -0.25) is 4.68 Å². The van der Waals surface area contributed by atoms with Gasteiger partial charge in [-0.15, -0.1) is 0 Å². The van der Waals surface area contributed by atoms with Gasteiger partial charge in [-0.05, 0) is 54.3 Å². The van der Waals surface area contributed by atoms with Gasteiger partial charge in [0.15, 0.2) is 23.1 Å². The molecule has 0 spiro atoms. The molecule has 9 heteroatoms. The molecule has 8 nitrogen and oxygen atoms in total. The lowest BCUT2D eigenvalue weighted by molar-refractivity contribution is 0.324. The lowest BCUT2D eigenvalue weighted by Crippen LogP contribution is -2.09. The largest absolute Gasteiger partial charge is 0.493 e. The predicted molar refractivity (Wildman–Crippen MR) is 149 cm³/mol. The van der Waals surface area contributed by atoms with Crippen LogP contribution >= 0.6 is 11.6 Å². The molecule has 194 valence electrons. The highest BCUT2D eigenvalue weighted by atomic mass is 35.5. The van der Waals surface area contributed by atoms with E-state index in [0.717, 1.165) is 58.0 Å². The number of rotatable bonds is 11. The number of aromatic nitrogens is 4. The Morgan fingerprint density at radius 1 is 0.973 bits per heavy atom. The standard InChI is InChI=1S/C28H32ClN5O3/c1-6-8-21-25-26(34(2)33-21)28(30-14-13-18-9-7-10-20(29)15-18)32-24(31-25)12-11-19-16-22(35-3)27(37-5)23(17-19)36-4/h7,9-12,15-17H,6,8,13-14H2,1-5H3,(H,30,31,32)/b12-11+. The molecule has 2 heterocycles. The van der Waals surface area contributed by atoms with Crippen LogP contribution in [0.3, 0.4) is 0 Å². The highest BCUT2D eigenvalue weighted by Gasteiger charge is 2.17. The Kier molecular flexibility index (Phi) is 8.50. The number of ether oxygens (including phenoxy) is 3.